The minimum absolute atomic E-state index is 0.239. The molecule has 146 valence electrons. The van der Waals surface area contributed by atoms with Crippen molar-refractivity contribution < 1.29 is 9.53 Å². The predicted molar refractivity (Wildman–Crippen MR) is 115 cm³/mol. The number of benzene rings is 2. The first-order chi connectivity index (χ1) is 14.0. The Kier molecular flexibility index (Phi) is 5.23. The zero-order valence-electron chi connectivity index (χ0n) is 16.1. The number of aromatic nitrogens is 2. The van der Waals surface area contributed by atoms with Gasteiger partial charge in [0.05, 0.1) is 11.3 Å². The highest BCUT2D eigenvalue weighted by Gasteiger charge is 2.14. The lowest BCUT2D eigenvalue weighted by molar-refractivity contribution is 0.102. The number of halogens is 1. The maximum atomic E-state index is 12.8. The fourth-order valence-electron chi connectivity index (χ4n) is 3.16. The van der Waals surface area contributed by atoms with Gasteiger partial charge in [0.1, 0.15) is 18.0 Å². The number of aryl methyl sites for hydroxylation is 2. The fraction of sp³-hybridized carbons (Fsp3) is 0.130. The number of hydrogen-bond acceptors (Lipinski definition) is 3. The molecule has 1 amide bonds. The van der Waals surface area contributed by atoms with Crippen molar-refractivity contribution in [1.29, 1.82) is 0 Å². The predicted octanol–water partition coefficient (Wildman–Crippen LogP) is 5.44. The lowest BCUT2D eigenvalue weighted by Gasteiger charge is -2.12. The van der Waals surface area contributed by atoms with E-state index < -0.39 is 0 Å². The van der Waals surface area contributed by atoms with Crippen LogP contribution in [0, 0.1) is 13.8 Å². The van der Waals surface area contributed by atoms with E-state index in [9.17, 15) is 4.79 Å². The Balaban J connectivity index is 1.53. The molecule has 0 radical (unpaired) electrons. The van der Waals surface area contributed by atoms with Crippen LogP contribution >= 0.6 is 11.6 Å². The molecular formula is C23H20ClN3O2. The number of ether oxygens (including phenoxy) is 1. The summed E-state index contributed by atoms with van der Waals surface area (Å²) in [6.07, 6.45) is 3.89. The fourth-order valence-corrected chi connectivity index (χ4v) is 3.39. The summed E-state index contributed by atoms with van der Waals surface area (Å²) in [4.78, 5) is 17.4. The SMILES string of the molecule is Cc1cc(Cl)ccc1NC(=O)c1ccccc1OCc1cn2cccc(C)c2n1. The van der Waals surface area contributed by atoms with Crippen LogP contribution in [0.15, 0.2) is 67.0 Å². The van der Waals surface area contributed by atoms with E-state index in [0.717, 1.165) is 22.5 Å². The van der Waals surface area contributed by atoms with Gasteiger partial charge in [-0.05, 0) is 61.4 Å². The normalized spacial score (nSPS) is 10.9. The minimum atomic E-state index is -0.239. The van der Waals surface area contributed by atoms with Crippen molar-refractivity contribution in [2.75, 3.05) is 5.32 Å². The zero-order chi connectivity index (χ0) is 20.4. The van der Waals surface area contributed by atoms with Gasteiger partial charge in [0, 0.05) is 23.1 Å². The molecule has 4 aromatic rings. The molecule has 2 aromatic heterocycles. The van der Waals surface area contributed by atoms with E-state index in [-0.39, 0.29) is 12.5 Å². The summed E-state index contributed by atoms with van der Waals surface area (Å²) in [5.41, 5.74) is 4.85. The molecule has 5 nitrogen and oxygen atoms in total. The summed E-state index contributed by atoms with van der Waals surface area (Å²) in [7, 11) is 0. The van der Waals surface area contributed by atoms with Crippen molar-refractivity contribution in [2.45, 2.75) is 20.5 Å². The molecule has 6 heteroatoms. The van der Waals surface area contributed by atoms with Crippen LogP contribution < -0.4 is 10.1 Å². The summed E-state index contributed by atoms with van der Waals surface area (Å²) in [6, 6.07) is 16.5. The second kappa shape index (κ2) is 7.97. The molecule has 29 heavy (non-hydrogen) atoms. The van der Waals surface area contributed by atoms with Crippen LogP contribution in [-0.4, -0.2) is 15.3 Å². The molecule has 0 aliphatic rings. The third kappa shape index (κ3) is 4.10. The smallest absolute Gasteiger partial charge is 0.259 e. The van der Waals surface area contributed by atoms with E-state index in [4.69, 9.17) is 16.3 Å². The zero-order valence-corrected chi connectivity index (χ0v) is 16.9. The van der Waals surface area contributed by atoms with Gasteiger partial charge in [-0.25, -0.2) is 4.98 Å². The lowest BCUT2D eigenvalue weighted by Crippen LogP contribution is -2.14. The third-order valence-corrected chi connectivity index (χ3v) is 4.91. The second-order valence-corrected chi connectivity index (χ2v) is 7.29. The van der Waals surface area contributed by atoms with E-state index in [1.807, 2.05) is 61.0 Å². The Morgan fingerprint density at radius 2 is 1.93 bits per heavy atom. The Morgan fingerprint density at radius 1 is 1.10 bits per heavy atom. The van der Waals surface area contributed by atoms with Crippen LogP contribution in [0.1, 0.15) is 27.2 Å². The molecule has 0 saturated carbocycles. The standard InChI is InChI=1S/C23H20ClN3O2/c1-15-6-5-11-27-13-18(25-22(15)27)14-29-21-8-4-3-7-19(21)23(28)26-20-10-9-17(24)12-16(20)2/h3-13H,14H2,1-2H3,(H,26,28). The highest BCUT2D eigenvalue weighted by molar-refractivity contribution is 6.30. The van der Waals surface area contributed by atoms with Gasteiger partial charge in [0.25, 0.3) is 5.91 Å². The summed E-state index contributed by atoms with van der Waals surface area (Å²) in [6.45, 7) is 4.19. The Bertz CT molecular complexity index is 1200. The highest BCUT2D eigenvalue weighted by atomic mass is 35.5. The number of nitrogens with zero attached hydrogens (tertiary/aromatic N) is 2. The van der Waals surface area contributed by atoms with Gasteiger partial charge in [0.15, 0.2) is 0 Å². The molecular weight excluding hydrogens is 386 g/mol. The second-order valence-electron chi connectivity index (χ2n) is 6.85. The van der Waals surface area contributed by atoms with Crippen LogP contribution in [0.2, 0.25) is 5.02 Å². The number of hydrogen-bond donors (Lipinski definition) is 1. The van der Waals surface area contributed by atoms with Crippen molar-refractivity contribution >= 4 is 28.8 Å². The molecule has 0 aliphatic heterocycles. The third-order valence-electron chi connectivity index (χ3n) is 4.67. The first-order valence-corrected chi connectivity index (χ1v) is 9.61. The summed E-state index contributed by atoms with van der Waals surface area (Å²) >= 11 is 5.99. The average molecular weight is 406 g/mol. The molecule has 0 bridgehead atoms. The topological polar surface area (TPSA) is 55.6 Å². The van der Waals surface area contributed by atoms with E-state index in [0.29, 0.717) is 22.0 Å². The Morgan fingerprint density at radius 3 is 2.72 bits per heavy atom. The van der Waals surface area contributed by atoms with Crippen molar-refractivity contribution in [1.82, 2.24) is 9.38 Å². The molecule has 1 N–H and O–H groups in total. The molecule has 2 heterocycles. The number of carbonyl (C=O) groups excluding carboxylic acids is 1. The van der Waals surface area contributed by atoms with Crippen LogP contribution in [-0.2, 0) is 6.61 Å². The number of pyridine rings is 1. The van der Waals surface area contributed by atoms with Crippen molar-refractivity contribution in [3.8, 4) is 5.75 Å². The van der Waals surface area contributed by atoms with Crippen molar-refractivity contribution in [3.05, 3.63) is 94.4 Å². The van der Waals surface area contributed by atoms with E-state index >= 15 is 0 Å². The maximum Gasteiger partial charge on any atom is 0.259 e. The van der Waals surface area contributed by atoms with Gasteiger partial charge in [0.2, 0.25) is 0 Å². The van der Waals surface area contributed by atoms with E-state index in [2.05, 4.69) is 10.3 Å². The van der Waals surface area contributed by atoms with Crippen molar-refractivity contribution in [2.24, 2.45) is 0 Å². The van der Waals surface area contributed by atoms with Gasteiger partial charge in [-0.15, -0.1) is 0 Å². The lowest BCUT2D eigenvalue weighted by atomic mass is 10.1. The number of para-hydroxylation sites is 1. The molecule has 4 rings (SSSR count). The van der Waals surface area contributed by atoms with Gasteiger partial charge in [-0.1, -0.05) is 29.8 Å². The van der Waals surface area contributed by atoms with Crippen LogP contribution in [0.4, 0.5) is 5.69 Å². The number of amides is 1. The number of imidazole rings is 1. The molecule has 0 atom stereocenters. The largest absolute Gasteiger partial charge is 0.486 e. The van der Waals surface area contributed by atoms with Crippen LogP contribution in [0.3, 0.4) is 0 Å². The molecule has 0 aliphatic carbocycles. The van der Waals surface area contributed by atoms with Crippen molar-refractivity contribution in [3.63, 3.8) is 0 Å². The van der Waals surface area contributed by atoms with Gasteiger partial charge < -0.3 is 14.5 Å². The Hall–Kier alpha value is -3.31. The number of anilines is 1. The maximum absolute atomic E-state index is 12.8. The molecule has 0 fully saturated rings. The summed E-state index contributed by atoms with van der Waals surface area (Å²) in [5.74, 6) is 0.266. The number of carbonyl (C=O) groups is 1. The molecule has 0 unspecified atom stereocenters. The van der Waals surface area contributed by atoms with E-state index in [1.165, 1.54) is 0 Å². The monoisotopic (exact) mass is 405 g/mol. The highest BCUT2D eigenvalue weighted by Crippen LogP contribution is 2.24. The average Bonchev–Trinajstić information content (AvgIpc) is 3.13. The number of nitrogens with one attached hydrogen (secondary N) is 1. The summed E-state index contributed by atoms with van der Waals surface area (Å²) in [5, 5.41) is 3.56. The van der Waals surface area contributed by atoms with E-state index in [1.54, 1.807) is 24.3 Å². The van der Waals surface area contributed by atoms with Crippen LogP contribution in [0.25, 0.3) is 5.65 Å². The molecule has 0 saturated heterocycles. The van der Waals surface area contributed by atoms with Crippen LogP contribution in [0.5, 0.6) is 5.75 Å². The molecule has 2 aromatic carbocycles. The van der Waals surface area contributed by atoms with Gasteiger partial charge in [-0.3, -0.25) is 4.79 Å². The quantitative estimate of drug-likeness (QED) is 0.481. The number of fused-ring (bicyclic) bond motifs is 1. The van der Waals surface area contributed by atoms with Gasteiger partial charge >= 0.3 is 0 Å². The van der Waals surface area contributed by atoms with Gasteiger partial charge in [-0.2, -0.15) is 0 Å². The first-order valence-electron chi connectivity index (χ1n) is 9.24. The number of rotatable bonds is 5. The minimum Gasteiger partial charge on any atom is -0.486 e. The molecule has 0 spiro atoms. The first kappa shape index (κ1) is 19.0. The Labute approximate surface area is 173 Å². The summed E-state index contributed by atoms with van der Waals surface area (Å²) < 4.78 is 7.91.